The molecule has 4 heterocycles. The minimum atomic E-state index is 0.385. The van der Waals surface area contributed by atoms with E-state index in [0.717, 1.165) is 47.3 Å². The Hall–Kier alpha value is -2.22. The summed E-state index contributed by atoms with van der Waals surface area (Å²) in [6, 6.07) is 0.385. The summed E-state index contributed by atoms with van der Waals surface area (Å²) >= 11 is 1.72. The number of aryl methyl sites for hydroxylation is 2. The highest BCUT2D eigenvalue weighted by Gasteiger charge is 2.27. The fraction of sp³-hybridized carbons (Fsp3) is 0.467. The third-order valence-electron chi connectivity index (χ3n) is 4.29. The number of hydrogen-bond donors (Lipinski definition) is 0. The van der Waals surface area contributed by atoms with Gasteiger partial charge in [0.05, 0.1) is 17.3 Å². The fourth-order valence-corrected chi connectivity index (χ4v) is 4.04. The molecule has 0 spiro atoms. The molecule has 23 heavy (non-hydrogen) atoms. The first-order valence-electron chi connectivity index (χ1n) is 7.70. The van der Waals surface area contributed by atoms with Gasteiger partial charge in [-0.3, -0.25) is 4.68 Å². The van der Waals surface area contributed by atoms with Crippen molar-refractivity contribution < 1.29 is 0 Å². The van der Waals surface area contributed by atoms with Crippen molar-refractivity contribution in [1.29, 1.82) is 0 Å². The molecule has 3 aromatic heterocycles. The number of piperazine rings is 1. The van der Waals surface area contributed by atoms with Crippen molar-refractivity contribution in [3.8, 4) is 0 Å². The predicted molar refractivity (Wildman–Crippen MR) is 92.2 cm³/mol. The van der Waals surface area contributed by atoms with E-state index in [-0.39, 0.29) is 0 Å². The first-order chi connectivity index (χ1) is 11.1. The van der Waals surface area contributed by atoms with Crippen molar-refractivity contribution in [2.45, 2.75) is 19.9 Å². The molecule has 1 saturated heterocycles. The van der Waals surface area contributed by atoms with Crippen molar-refractivity contribution in [2.24, 2.45) is 7.05 Å². The normalized spacial score (nSPS) is 18.8. The smallest absolute Gasteiger partial charge is 0.185 e. The van der Waals surface area contributed by atoms with Crippen molar-refractivity contribution in [3.63, 3.8) is 0 Å². The zero-order valence-corrected chi connectivity index (χ0v) is 14.3. The van der Waals surface area contributed by atoms with Crippen molar-refractivity contribution >= 4 is 33.3 Å². The molecule has 0 bridgehead atoms. The molecule has 8 heteroatoms. The Morgan fingerprint density at radius 2 is 2.13 bits per heavy atom. The molecule has 1 atom stereocenters. The molecule has 3 aromatic rings. The second-order valence-corrected chi connectivity index (χ2v) is 6.80. The summed E-state index contributed by atoms with van der Waals surface area (Å²) in [7, 11) is 1.91. The number of hydrogen-bond acceptors (Lipinski definition) is 7. The lowest BCUT2D eigenvalue weighted by Gasteiger charge is -2.40. The minimum Gasteiger partial charge on any atom is -0.352 e. The van der Waals surface area contributed by atoms with Gasteiger partial charge in [-0.25, -0.2) is 15.0 Å². The van der Waals surface area contributed by atoms with Crippen LogP contribution >= 0.6 is 11.3 Å². The lowest BCUT2D eigenvalue weighted by atomic mass is 10.2. The Balaban J connectivity index is 1.60. The van der Waals surface area contributed by atoms with Gasteiger partial charge in [-0.2, -0.15) is 5.10 Å². The average molecular weight is 329 g/mol. The van der Waals surface area contributed by atoms with Crippen LogP contribution in [0.5, 0.6) is 0 Å². The second kappa shape index (κ2) is 5.45. The van der Waals surface area contributed by atoms with Crippen LogP contribution in [0.3, 0.4) is 0 Å². The summed E-state index contributed by atoms with van der Waals surface area (Å²) < 4.78 is 1.79. The maximum absolute atomic E-state index is 4.62. The number of fused-ring (bicyclic) bond motifs is 1. The molecule has 0 radical (unpaired) electrons. The van der Waals surface area contributed by atoms with Crippen LogP contribution in [0.15, 0.2) is 17.9 Å². The number of thiazole rings is 1. The summed E-state index contributed by atoms with van der Waals surface area (Å²) in [5, 5.41) is 8.54. The molecule has 0 aromatic carbocycles. The lowest BCUT2D eigenvalue weighted by Crippen LogP contribution is -2.52. The minimum absolute atomic E-state index is 0.385. The lowest BCUT2D eigenvalue weighted by molar-refractivity contribution is 0.547. The van der Waals surface area contributed by atoms with Gasteiger partial charge in [0.15, 0.2) is 10.8 Å². The molecule has 120 valence electrons. The number of anilines is 2. The van der Waals surface area contributed by atoms with E-state index >= 15 is 0 Å². The van der Waals surface area contributed by atoms with Gasteiger partial charge in [0.25, 0.3) is 0 Å². The SMILES string of the molecule is Cc1csc(N2CCN(c3ncnc4c3cnn4C)C[C@H]2C)n1. The Kier molecular flexibility index (Phi) is 3.41. The summed E-state index contributed by atoms with van der Waals surface area (Å²) in [4.78, 5) is 18.2. The third-order valence-corrected chi connectivity index (χ3v) is 5.28. The third kappa shape index (κ3) is 2.42. The van der Waals surface area contributed by atoms with Crippen LogP contribution in [0, 0.1) is 6.92 Å². The molecular weight excluding hydrogens is 310 g/mol. The van der Waals surface area contributed by atoms with Crippen LogP contribution in [-0.4, -0.2) is 50.4 Å². The van der Waals surface area contributed by atoms with Crippen LogP contribution in [0.2, 0.25) is 0 Å². The number of aromatic nitrogens is 5. The monoisotopic (exact) mass is 329 g/mol. The van der Waals surface area contributed by atoms with Gasteiger partial charge in [-0.1, -0.05) is 0 Å². The quantitative estimate of drug-likeness (QED) is 0.715. The van der Waals surface area contributed by atoms with Gasteiger partial charge in [0, 0.05) is 38.1 Å². The zero-order valence-electron chi connectivity index (χ0n) is 13.5. The summed E-state index contributed by atoms with van der Waals surface area (Å²) in [6.45, 7) is 7.06. The van der Waals surface area contributed by atoms with E-state index < -0.39 is 0 Å². The van der Waals surface area contributed by atoms with E-state index in [9.17, 15) is 0 Å². The predicted octanol–water partition coefficient (Wildman–Crippen LogP) is 1.84. The first-order valence-corrected chi connectivity index (χ1v) is 8.58. The van der Waals surface area contributed by atoms with Gasteiger partial charge < -0.3 is 9.80 Å². The summed E-state index contributed by atoms with van der Waals surface area (Å²) in [6.07, 6.45) is 3.48. The molecule has 0 N–H and O–H groups in total. The largest absolute Gasteiger partial charge is 0.352 e. The standard InChI is InChI=1S/C15H19N7S/c1-10-8-23-15(19-10)22-5-4-21(7-11(22)2)14-12-6-18-20(3)13(12)16-9-17-14/h6,8-9,11H,4-5,7H2,1-3H3/t11-/m1/s1. The van der Waals surface area contributed by atoms with Gasteiger partial charge >= 0.3 is 0 Å². The molecule has 0 amide bonds. The van der Waals surface area contributed by atoms with E-state index in [1.165, 1.54) is 0 Å². The number of nitrogens with zero attached hydrogens (tertiary/aromatic N) is 7. The van der Waals surface area contributed by atoms with E-state index in [4.69, 9.17) is 0 Å². The molecule has 0 saturated carbocycles. The molecule has 7 nitrogen and oxygen atoms in total. The Bertz CT molecular complexity index is 839. The Morgan fingerprint density at radius 3 is 2.87 bits per heavy atom. The fourth-order valence-electron chi connectivity index (χ4n) is 3.11. The average Bonchev–Trinajstić information content (AvgIpc) is 3.14. The first kappa shape index (κ1) is 14.4. The van der Waals surface area contributed by atoms with E-state index in [1.54, 1.807) is 22.3 Å². The topological polar surface area (TPSA) is 63.0 Å². The van der Waals surface area contributed by atoms with Gasteiger partial charge in [-0.05, 0) is 13.8 Å². The van der Waals surface area contributed by atoms with Gasteiger partial charge in [0.1, 0.15) is 12.1 Å². The highest BCUT2D eigenvalue weighted by Crippen LogP contribution is 2.28. The number of rotatable bonds is 2. The molecule has 4 rings (SSSR count). The molecule has 1 aliphatic heterocycles. The Labute approximate surface area is 138 Å². The summed E-state index contributed by atoms with van der Waals surface area (Å²) in [5.74, 6) is 0.977. The van der Waals surface area contributed by atoms with Crippen LogP contribution in [0.1, 0.15) is 12.6 Å². The molecular formula is C15H19N7S. The van der Waals surface area contributed by atoms with E-state index in [0.29, 0.717) is 6.04 Å². The molecule has 0 aliphatic carbocycles. The summed E-state index contributed by atoms with van der Waals surface area (Å²) in [5.41, 5.74) is 1.97. The highest BCUT2D eigenvalue weighted by atomic mass is 32.1. The van der Waals surface area contributed by atoms with Gasteiger partial charge in [-0.15, -0.1) is 11.3 Å². The second-order valence-electron chi connectivity index (χ2n) is 5.96. The van der Waals surface area contributed by atoms with Crippen molar-refractivity contribution in [2.75, 3.05) is 29.4 Å². The van der Waals surface area contributed by atoms with Crippen LogP contribution in [0.4, 0.5) is 10.9 Å². The molecule has 0 unspecified atom stereocenters. The van der Waals surface area contributed by atoms with Crippen LogP contribution in [-0.2, 0) is 7.05 Å². The Morgan fingerprint density at radius 1 is 1.26 bits per heavy atom. The highest BCUT2D eigenvalue weighted by molar-refractivity contribution is 7.13. The molecule has 1 aliphatic rings. The van der Waals surface area contributed by atoms with E-state index in [1.807, 2.05) is 20.2 Å². The molecule has 1 fully saturated rings. The van der Waals surface area contributed by atoms with Crippen molar-refractivity contribution in [3.05, 3.63) is 23.6 Å². The van der Waals surface area contributed by atoms with Crippen molar-refractivity contribution in [1.82, 2.24) is 24.7 Å². The van der Waals surface area contributed by atoms with Crippen LogP contribution in [0.25, 0.3) is 11.0 Å². The maximum Gasteiger partial charge on any atom is 0.185 e. The maximum atomic E-state index is 4.62. The van der Waals surface area contributed by atoms with Crippen LogP contribution < -0.4 is 9.80 Å². The van der Waals surface area contributed by atoms with Gasteiger partial charge in [0.2, 0.25) is 0 Å². The zero-order chi connectivity index (χ0) is 16.0. The van der Waals surface area contributed by atoms with E-state index in [2.05, 4.69) is 42.2 Å².